The van der Waals surface area contributed by atoms with Gasteiger partial charge in [0.1, 0.15) is 22.7 Å². The van der Waals surface area contributed by atoms with Crippen molar-refractivity contribution in [3.05, 3.63) is 72.3 Å². The minimum Gasteiger partial charge on any atom is -0.497 e. The molecule has 0 saturated carbocycles. The summed E-state index contributed by atoms with van der Waals surface area (Å²) in [6.07, 6.45) is 0. The molecule has 5 heteroatoms. The van der Waals surface area contributed by atoms with Gasteiger partial charge in [-0.1, -0.05) is 30.3 Å². The monoisotopic (exact) mass is 361 g/mol. The zero-order valence-electron chi connectivity index (χ0n) is 14.9. The fourth-order valence-corrected chi connectivity index (χ4v) is 2.94. The van der Waals surface area contributed by atoms with Crippen LogP contribution in [0.15, 0.2) is 71.1 Å². The van der Waals surface area contributed by atoms with Crippen LogP contribution in [0.5, 0.6) is 11.5 Å². The van der Waals surface area contributed by atoms with Gasteiger partial charge in [0, 0.05) is 17.3 Å². The number of carbonyl (C=O) groups excluding carboxylic acids is 1. The van der Waals surface area contributed by atoms with Crippen LogP contribution < -0.4 is 14.8 Å². The van der Waals surface area contributed by atoms with Gasteiger partial charge in [-0.25, -0.2) is 0 Å². The van der Waals surface area contributed by atoms with Gasteiger partial charge in [-0.3, -0.25) is 4.79 Å². The van der Waals surface area contributed by atoms with Crippen LogP contribution in [0.3, 0.4) is 0 Å². The van der Waals surface area contributed by atoms with E-state index in [0.717, 1.165) is 33.3 Å². The first kappa shape index (κ1) is 17.0. The quantitative estimate of drug-likeness (QED) is 0.556. The minimum atomic E-state index is -0.178. The van der Waals surface area contributed by atoms with E-state index >= 15 is 0 Å². The van der Waals surface area contributed by atoms with Crippen LogP contribution in [0.25, 0.3) is 21.9 Å². The average molecular weight is 361 g/mol. The predicted molar refractivity (Wildman–Crippen MR) is 104 cm³/mol. The van der Waals surface area contributed by atoms with Crippen LogP contribution in [-0.4, -0.2) is 19.6 Å². The molecule has 5 nitrogen and oxygen atoms in total. The summed E-state index contributed by atoms with van der Waals surface area (Å²) in [4.78, 5) is 12.1. The summed E-state index contributed by atoms with van der Waals surface area (Å²) in [5.41, 5.74) is 2.63. The lowest BCUT2D eigenvalue weighted by molar-refractivity contribution is -0.123. The molecule has 1 heterocycles. The lowest BCUT2D eigenvalue weighted by atomic mass is 10.1. The first-order chi connectivity index (χ1) is 13.2. The molecule has 0 spiro atoms. The van der Waals surface area contributed by atoms with E-state index < -0.39 is 0 Å². The van der Waals surface area contributed by atoms with Gasteiger partial charge >= 0.3 is 0 Å². The summed E-state index contributed by atoms with van der Waals surface area (Å²) in [6.45, 7) is 0.398. The Labute approximate surface area is 156 Å². The van der Waals surface area contributed by atoms with E-state index in [2.05, 4.69) is 5.32 Å². The van der Waals surface area contributed by atoms with Gasteiger partial charge in [0.2, 0.25) is 0 Å². The first-order valence-electron chi connectivity index (χ1n) is 8.66. The highest BCUT2D eigenvalue weighted by atomic mass is 16.5. The molecule has 3 aromatic carbocycles. The van der Waals surface area contributed by atoms with Gasteiger partial charge in [-0.15, -0.1) is 0 Å². The number of fused-ring (bicyclic) bond motifs is 3. The second kappa shape index (κ2) is 7.41. The van der Waals surface area contributed by atoms with Crippen molar-refractivity contribution in [3.63, 3.8) is 0 Å². The average Bonchev–Trinajstić information content (AvgIpc) is 3.09. The molecule has 0 radical (unpaired) electrons. The Balaban J connectivity index is 1.37. The molecule has 27 heavy (non-hydrogen) atoms. The number of furan rings is 1. The van der Waals surface area contributed by atoms with E-state index in [1.165, 1.54) is 0 Å². The lowest BCUT2D eigenvalue weighted by Gasteiger charge is -2.08. The molecule has 0 fully saturated rings. The summed E-state index contributed by atoms with van der Waals surface area (Å²) in [5, 5.41) is 4.85. The summed E-state index contributed by atoms with van der Waals surface area (Å²) < 4.78 is 16.6. The van der Waals surface area contributed by atoms with Gasteiger partial charge in [0.25, 0.3) is 5.91 Å². The number of carbonyl (C=O) groups is 1. The second-order valence-electron chi connectivity index (χ2n) is 6.17. The van der Waals surface area contributed by atoms with Crippen LogP contribution >= 0.6 is 0 Å². The molecule has 4 rings (SSSR count). The van der Waals surface area contributed by atoms with Crippen molar-refractivity contribution in [1.29, 1.82) is 0 Å². The van der Waals surface area contributed by atoms with Crippen LogP contribution in [0.2, 0.25) is 0 Å². The Morgan fingerprint density at radius 1 is 0.926 bits per heavy atom. The number of ether oxygens (including phenoxy) is 2. The SMILES string of the molecule is COc1ccc(CNC(=O)COc2ccc3oc4ccccc4c3c2)cc1. The van der Waals surface area contributed by atoms with Crippen LogP contribution in [0.1, 0.15) is 5.56 Å². The summed E-state index contributed by atoms with van der Waals surface area (Å²) in [7, 11) is 1.62. The zero-order chi connectivity index (χ0) is 18.6. The highest BCUT2D eigenvalue weighted by molar-refractivity contribution is 6.05. The summed E-state index contributed by atoms with van der Waals surface area (Å²) in [6, 6.07) is 21.0. The maximum atomic E-state index is 12.1. The molecule has 1 N–H and O–H groups in total. The maximum absolute atomic E-state index is 12.1. The Kier molecular flexibility index (Phi) is 4.66. The molecule has 0 aliphatic heterocycles. The third-order valence-corrected chi connectivity index (χ3v) is 4.37. The lowest BCUT2D eigenvalue weighted by Crippen LogP contribution is -2.28. The molecule has 0 aliphatic carbocycles. The van der Waals surface area contributed by atoms with Crippen molar-refractivity contribution in [2.24, 2.45) is 0 Å². The molecule has 136 valence electrons. The van der Waals surface area contributed by atoms with Gasteiger partial charge in [-0.05, 0) is 42.0 Å². The number of rotatable bonds is 6. The van der Waals surface area contributed by atoms with Crippen LogP contribution in [-0.2, 0) is 11.3 Å². The first-order valence-corrected chi connectivity index (χ1v) is 8.66. The molecule has 0 unspecified atom stereocenters. The molecular weight excluding hydrogens is 342 g/mol. The third kappa shape index (κ3) is 3.72. The number of hydrogen-bond donors (Lipinski definition) is 1. The fourth-order valence-electron chi connectivity index (χ4n) is 2.94. The molecule has 0 atom stereocenters. The molecule has 4 aromatic rings. The Bertz CT molecular complexity index is 1080. The molecule has 1 amide bonds. The topological polar surface area (TPSA) is 60.7 Å². The number of methoxy groups -OCH3 is 1. The van der Waals surface area contributed by atoms with Gasteiger partial charge in [-0.2, -0.15) is 0 Å². The van der Waals surface area contributed by atoms with Crippen molar-refractivity contribution >= 4 is 27.8 Å². The summed E-state index contributed by atoms with van der Waals surface area (Å²) in [5.74, 6) is 1.24. The maximum Gasteiger partial charge on any atom is 0.258 e. The standard InChI is InChI=1S/C22H19NO4/c1-25-16-8-6-15(7-9-16)13-23-22(24)14-26-17-10-11-21-19(12-17)18-4-2-3-5-20(18)27-21/h2-12H,13-14H2,1H3,(H,23,24). The normalized spacial score (nSPS) is 10.9. The third-order valence-electron chi connectivity index (χ3n) is 4.37. The van der Waals surface area contributed by atoms with Crippen molar-refractivity contribution < 1.29 is 18.7 Å². The van der Waals surface area contributed by atoms with Crippen molar-refractivity contribution in [1.82, 2.24) is 5.32 Å². The molecule has 1 aromatic heterocycles. The van der Waals surface area contributed by atoms with E-state index in [9.17, 15) is 4.79 Å². The smallest absolute Gasteiger partial charge is 0.258 e. The van der Waals surface area contributed by atoms with Crippen molar-refractivity contribution in [2.75, 3.05) is 13.7 Å². The van der Waals surface area contributed by atoms with Gasteiger partial charge in [0.05, 0.1) is 7.11 Å². The predicted octanol–water partition coefficient (Wildman–Crippen LogP) is 4.29. The Hall–Kier alpha value is -3.47. The second-order valence-corrected chi connectivity index (χ2v) is 6.17. The highest BCUT2D eigenvalue weighted by Crippen LogP contribution is 2.31. The van der Waals surface area contributed by atoms with Crippen LogP contribution in [0.4, 0.5) is 0 Å². The fraction of sp³-hybridized carbons (Fsp3) is 0.136. The van der Waals surface area contributed by atoms with E-state index in [1.54, 1.807) is 7.11 Å². The Morgan fingerprint density at radius 3 is 2.48 bits per heavy atom. The molecule has 0 saturated heterocycles. The van der Waals surface area contributed by atoms with E-state index in [4.69, 9.17) is 13.9 Å². The number of amides is 1. The zero-order valence-corrected chi connectivity index (χ0v) is 14.9. The van der Waals surface area contributed by atoms with Gasteiger partial charge < -0.3 is 19.2 Å². The van der Waals surface area contributed by atoms with Gasteiger partial charge in [0.15, 0.2) is 6.61 Å². The van der Waals surface area contributed by atoms with Crippen molar-refractivity contribution in [2.45, 2.75) is 6.54 Å². The number of hydrogen-bond acceptors (Lipinski definition) is 4. The molecular formula is C22H19NO4. The highest BCUT2D eigenvalue weighted by Gasteiger charge is 2.09. The largest absolute Gasteiger partial charge is 0.497 e. The number of para-hydroxylation sites is 1. The molecule has 0 aliphatic rings. The van der Waals surface area contributed by atoms with Crippen LogP contribution in [0, 0.1) is 0 Å². The van der Waals surface area contributed by atoms with E-state index in [-0.39, 0.29) is 12.5 Å². The van der Waals surface area contributed by atoms with E-state index in [0.29, 0.717) is 12.3 Å². The minimum absolute atomic E-state index is 0.0442. The Morgan fingerprint density at radius 2 is 1.67 bits per heavy atom. The van der Waals surface area contributed by atoms with Crippen molar-refractivity contribution in [3.8, 4) is 11.5 Å². The van der Waals surface area contributed by atoms with E-state index in [1.807, 2.05) is 66.7 Å². The number of benzene rings is 3. The summed E-state index contributed by atoms with van der Waals surface area (Å²) >= 11 is 0. The molecule has 0 bridgehead atoms. The number of nitrogens with one attached hydrogen (secondary N) is 1.